The number of halogens is 1. The molecule has 2 aromatic heterocycles. The fraction of sp³-hybridized carbons (Fsp3) is 0.308. The highest BCUT2D eigenvalue weighted by molar-refractivity contribution is 9.11. The van der Waals surface area contributed by atoms with Gasteiger partial charge >= 0.3 is 0 Å². The van der Waals surface area contributed by atoms with E-state index in [0.717, 1.165) is 18.8 Å². The van der Waals surface area contributed by atoms with Gasteiger partial charge in [0.05, 0.1) is 9.48 Å². The minimum absolute atomic E-state index is 0.789. The van der Waals surface area contributed by atoms with Crippen LogP contribution in [0.4, 0.5) is 5.69 Å². The van der Waals surface area contributed by atoms with Crippen molar-refractivity contribution in [3.8, 4) is 0 Å². The molecule has 18 heavy (non-hydrogen) atoms. The average Bonchev–Trinajstić information content (AvgIpc) is 2.75. The first-order valence-electron chi connectivity index (χ1n) is 5.72. The first-order chi connectivity index (χ1) is 8.65. The Bertz CT molecular complexity index is 510. The summed E-state index contributed by atoms with van der Waals surface area (Å²) in [7, 11) is 4.07. The molecule has 0 aromatic carbocycles. The van der Waals surface area contributed by atoms with Crippen molar-refractivity contribution in [2.45, 2.75) is 13.1 Å². The van der Waals surface area contributed by atoms with Crippen LogP contribution >= 0.6 is 27.3 Å². The second-order valence-electron chi connectivity index (χ2n) is 4.21. The second-order valence-corrected chi connectivity index (χ2v) is 6.76. The van der Waals surface area contributed by atoms with Crippen LogP contribution in [0.3, 0.4) is 0 Å². The zero-order valence-corrected chi connectivity index (χ0v) is 12.9. The maximum atomic E-state index is 4.36. The minimum Gasteiger partial charge on any atom is -0.378 e. The molecule has 2 heterocycles. The molecule has 0 aliphatic rings. The van der Waals surface area contributed by atoms with Crippen molar-refractivity contribution in [2.75, 3.05) is 19.0 Å². The number of nitrogens with one attached hydrogen (secondary N) is 1. The molecule has 3 nitrogen and oxygen atoms in total. The van der Waals surface area contributed by atoms with Crippen molar-refractivity contribution in [1.82, 2.24) is 10.3 Å². The molecule has 2 rings (SSSR count). The van der Waals surface area contributed by atoms with Gasteiger partial charge in [-0.1, -0.05) is 0 Å². The van der Waals surface area contributed by atoms with E-state index in [1.54, 1.807) is 11.3 Å². The van der Waals surface area contributed by atoms with Crippen LogP contribution in [0, 0.1) is 0 Å². The van der Waals surface area contributed by atoms with E-state index in [1.165, 1.54) is 14.4 Å². The van der Waals surface area contributed by atoms with Crippen LogP contribution in [0.25, 0.3) is 0 Å². The Labute approximate surface area is 120 Å². The van der Waals surface area contributed by atoms with Crippen LogP contribution < -0.4 is 10.2 Å². The molecule has 0 aliphatic carbocycles. The van der Waals surface area contributed by atoms with Crippen LogP contribution in [0.15, 0.2) is 34.2 Å². The topological polar surface area (TPSA) is 28.2 Å². The third kappa shape index (κ3) is 3.80. The molecule has 0 fully saturated rings. The molecule has 96 valence electrons. The highest BCUT2D eigenvalue weighted by atomic mass is 79.9. The van der Waals surface area contributed by atoms with Crippen LogP contribution in [0.2, 0.25) is 0 Å². The van der Waals surface area contributed by atoms with Crippen molar-refractivity contribution in [3.05, 3.63) is 44.8 Å². The van der Waals surface area contributed by atoms with E-state index in [1.807, 2.05) is 26.4 Å². The van der Waals surface area contributed by atoms with Gasteiger partial charge in [0.2, 0.25) is 0 Å². The lowest BCUT2D eigenvalue weighted by Gasteiger charge is -2.13. The van der Waals surface area contributed by atoms with Gasteiger partial charge in [-0.15, -0.1) is 11.3 Å². The van der Waals surface area contributed by atoms with Crippen LogP contribution in [-0.4, -0.2) is 19.1 Å². The molecule has 0 spiro atoms. The fourth-order valence-electron chi connectivity index (χ4n) is 1.60. The largest absolute Gasteiger partial charge is 0.378 e. The standard InChI is InChI=1S/C13H16BrN3S/c1-17(2)11-5-6-16-10(7-11)8-15-9-12-3-4-13(14)18-12/h3-7,15H,8-9H2,1-2H3. The van der Waals surface area contributed by atoms with Crippen molar-refractivity contribution >= 4 is 33.0 Å². The third-order valence-corrected chi connectivity index (χ3v) is 4.17. The molecular formula is C13H16BrN3S. The van der Waals surface area contributed by atoms with Crippen LogP contribution in [-0.2, 0) is 13.1 Å². The Morgan fingerprint density at radius 2 is 2.11 bits per heavy atom. The van der Waals surface area contributed by atoms with Gasteiger partial charge < -0.3 is 10.2 Å². The Morgan fingerprint density at radius 1 is 1.28 bits per heavy atom. The lowest BCUT2D eigenvalue weighted by molar-refractivity contribution is 0.686. The van der Waals surface area contributed by atoms with Crippen molar-refractivity contribution in [2.24, 2.45) is 0 Å². The Hall–Kier alpha value is -0.910. The Morgan fingerprint density at radius 3 is 2.78 bits per heavy atom. The van der Waals surface area contributed by atoms with Crippen LogP contribution in [0.1, 0.15) is 10.6 Å². The predicted octanol–water partition coefficient (Wildman–Crippen LogP) is 3.26. The number of thiophene rings is 1. The van der Waals surface area contributed by atoms with Gasteiger partial charge in [0.15, 0.2) is 0 Å². The van der Waals surface area contributed by atoms with Gasteiger partial charge in [-0.3, -0.25) is 4.98 Å². The van der Waals surface area contributed by atoms with Gasteiger partial charge in [0.1, 0.15) is 0 Å². The Kier molecular flexibility index (Phi) is 4.74. The molecule has 0 radical (unpaired) electrons. The summed E-state index contributed by atoms with van der Waals surface area (Å²) in [5.74, 6) is 0. The number of hydrogen-bond donors (Lipinski definition) is 1. The number of rotatable bonds is 5. The number of anilines is 1. The summed E-state index contributed by atoms with van der Waals surface area (Å²) >= 11 is 5.22. The summed E-state index contributed by atoms with van der Waals surface area (Å²) < 4.78 is 1.17. The molecule has 0 aliphatic heterocycles. The van der Waals surface area contributed by atoms with Gasteiger partial charge in [0, 0.05) is 43.9 Å². The first kappa shape index (κ1) is 13.5. The van der Waals surface area contributed by atoms with E-state index in [-0.39, 0.29) is 0 Å². The fourth-order valence-corrected chi connectivity index (χ4v) is 3.05. The molecule has 1 N–H and O–H groups in total. The average molecular weight is 326 g/mol. The van der Waals surface area contributed by atoms with E-state index in [4.69, 9.17) is 0 Å². The second kappa shape index (κ2) is 6.31. The number of pyridine rings is 1. The maximum absolute atomic E-state index is 4.36. The zero-order valence-electron chi connectivity index (χ0n) is 10.5. The summed E-state index contributed by atoms with van der Waals surface area (Å²) in [6, 6.07) is 8.33. The van der Waals surface area contributed by atoms with Gasteiger partial charge in [-0.2, -0.15) is 0 Å². The Balaban J connectivity index is 1.88. The van der Waals surface area contributed by atoms with Gasteiger partial charge in [-0.05, 0) is 40.2 Å². The molecular weight excluding hydrogens is 310 g/mol. The van der Waals surface area contributed by atoms with Gasteiger partial charge in [0.25, 0.3) is 0 Å². The van der Waals surface area contributed by atoms with E-state index < -0.39 is 0 Å². The quantitative estimate of drug-likeness (QED) is 0.914. The SMILES string of the molecule is CN(C)c1ccnc(CNCc2ccc(Br)s2)c1. The van der Waals surface area contributed by atoms with E-state index in [9.17, 15) is 0 Å². The molecule has 5 heteroatoms. The molecule has 0 saturated carbocycles. The minimum atomic E-state index is 0.789. The summed E-state index contributed by atoms with van der Waals surface area (Å²) in [5, 5.41) is 3.41. The maximum Gasteiger partial charge on any atom is 0.0701 e. The molecule has 0 saturated heterocycles. The summed E-state index contributed by atoms with van der Waals surface area (Å²) in [4.78, 5) is 7.77. The number of aromatic nitrogens is 1. The molecule has 2 aromatic rings. The third-order valence-electron chi connectivity index (χ3n) is 2.55. The van der Waals surface area contributed by atoms with Crippen LogP contribution in [0.5, 0.6) is 0 Å². The van der Waals surface area contributed by atoms with Crippen molar-refractivity contribution in [3.63, 3.8) is 0 Å². The first-order valence-corrected chi connectivity index (χ1v) is 7.33. The van der Waals surface area contributed by atoms with Crippen molar-refractivity contribution < 1.29 is 0 Å². The lowest BCUT2D eigenvalue weighted by Crippen LogP contribution is -2.14. The van der Waals surface area contributed by atoms with Gasteiger partial charge in [-0.25, -0.2) is 0 Å². The normalized spacial score (nSPS) is 10.6. The van der Waals surface area contributed by atoms with E-state index >= 15 is 0 Å². The summed E-state index contributed by atoms with van der Waals surface area (Å²) in [6.45, 7) is 1.67. The summed E-state index contributed by atoms with van der Waals surface area (Å²) in [5.41, 5.74) is 2.25. The summed E-state index contributed by atoms with van der Waals surface area (Å²) in [6.07, 6.45) is 1.86. The highest BCUT2D eigenvalue weighted by Crippen LogP contribution is 2.21. The van der Waals surface area contributed by atoms with E-state index in [0.29, 0.717) is 0 Å². The zero-order chi connectivity index (χ0) is 13.0. The number of nitrogens with zero attached hydrogens (tertiary/aromatic N) is 2. The lowest BCUT2D eigenvalue weighted by atomic mass is 10.3. The van der Waals surface area contributed by atoms with Crippen molar-refractivity contribution in [1.29, 1.82) is 0 Å². The molecule has 0 amide bonds. The highest BCUT2D eigenvalue weighted by Gasteiger charge is 2.00. The molecule has 0 unspecified atom stereocenters. The smallest absolute Gasteiger partial charge is 0.0701 e. The monoisotopic (exact) mass is 325 g/mol. The predicted molar refractivity (Wildman–Crippen MR) is 81.1 cm³/mol. The molecule has 0 atom stereocenters. The molecule has 0 bridgehead atoms. The number of hydrogen-bond acceptors (Lipinski definition) is 4. The van der Waals surface area contributed by atoms with E-state index in [2.05, 4.69) is 49.3 Å².